The van der Waals surface area contributed by atoms with E-state index < -0.39 is 0 Å². The summed E-state index contributed by atoms with van der Waals surface area (Å²) in [5, 5.41) is 20.8. The number of amides is 1. The van der Waals surface area contributed by atoms with Gasteiger partial charge < -0.3 is 15.2 Å². The molecule has 1 amide bonds. The van der Waals surface area contributed by atoms with Crippen LogP contribution >= 0.6 is 0 Å². The van der Waals surface area contributed by atoms with Crippen LogP contribution in [0.3, 0.4) is 0 Å². The number of nitrogens with zero attached hydrogens (tertiary/aromatic N) is 1. The van der Waals surface area contributed by atoms with Crippen molar-refractivity contribution in [3.05, 3.63) is 29.8 Å². The average Bonchev–Trinajstić information content (AvgIpc) is 2.52. The van der Waals surface area contributed by atoms with Crippen LogP contribution in [0.2, 0.25) is 0 Å². The first-order valence-electron chi connectivity index (χ1n) is 7.13. The quantitative estimate of drug-likeness (QED) is 0.765. The number of carbonyl (C=O) groups is 1. The molecule has 5 nitrogen and oxygen atoms in total. The second-order valence-electron chi connectivity index (χ2n) is 4.98. The van der Waals surface area contributed by atoms with Gasteiger partial charge in [0, 0.05) is 0 Å². The summed E-state index contributed by atoms with van der Waals surface area (Å²) in [5.74, 6) is 0.726. The van der Waals surface area contributed by atoms with Gasteiger partial charge in [-0.3, -0.25) is 4.79 Å². The molecule has 0 aliphatic heterocycles. The molecular formula is C16H22N2O3. The highest BCUT2D eigenvalue weighted by Crippen LogP contribution is 2.12. The van der Waals surface area contributed by atoms with Gasteiger partial charge in [0.05, 0.1) is 37.3 Å². The Labute approximate surface area is 125 Å². The second-order valence-corrected chi connectivity index (χ2v) is 4.98. The van der Waals surface area contributed by atoms with Crippen LogP contribution in [-0.4, -0.2) is 30.3 Å². The third kappa shape index (κ3) is 5.84. The maximum absolute atomic E-state index is 11.8. The van der Waals surface area contributed by atoms with E-state index in [4.69, 9.17) is 10.00 Å². The van der Waals surface area contributed by atoms with E-state index in [1.165, 1.54) is 0 Å². The predicted molar refractivity (Wildman–Crippen MR) is 79.7 cm³/mol. The molecule has 21 heavy (non-hydrogen) atoms. The maximum Gasteiger partial charge on any atom is 0.223 e. The monoisotopic (exact) mass is 290 g/mol. The van der Waals surface area contributed by atoms with E-state index in [1.807, 2.05) is 19.9 Å². The molecule has 0 aliphatic rings. The summed E-state index contributed by atoms with van der Waals surface area (Å²) < 4.78 is 5.45. The van der Waals surface area contributed by atoms with Gasteiger partial charge in [-0.15, -0.1) is 0 Å². The van der Waals surface area contributed by atoms with Gasteiger partial charge in [0.15, 0.2) is 0 Å². The minimum Gasteiger partial charge on any atom is -0.493 e. The summed E-state index contributed by atoms with van der Waals surface area (Å²) in [7, 11) is 0. The first-order valence-corrected chi connectivity index (χ1v) is 7.13. The Balaban J connectivity index is 2.34. The van der Waals surface area contributed by atoms with Crippen molar-refractivity contribution >= 4 is 5.91 Å². The third-order valence-electron chi connectivity index (χ3n) is 3.46. The number of nitrogens with one attached hydrogen (secondary N) is 1. The lowest BCUT2D eigenvalue weighted by Gasteiger charge is -2.22. The van der Waals surface area contributed by atoms with Gasteiger partial charge in [-0.2, -0.15) is 5.26 Å². The zero-order chi connectivity index (χ0) is 15.7. The van der Waals surface area contributed by atoms with Crippen molar-refractivity contribution in [3.63, 3.8) is 0 Å². The Morgan fingerprint density at radius 3 is 2.62 bits per heavy atom. The molecule has 0 aliphatic carbocycles. The number of benzene rings is 1. The maximum atomic E-state index is 11.8. The number of hydrogen-bond acceptors (Lipinski definition) is 4. The molecule has 0 heterocycles. The van der Waals surface area contributed by atoms with Gasteiger partial charge in [0.1, 0.15) is 5.75 Å². The zero-order valence-corrected chi connectivity index (χ0v) is 12.5. The van der Waals surface area contributed by atoms with Crippen LogP contribution in [0.5, 0.6) is 5.75 Å². The van der Waals surface area contributed by atoms with Crippen LogP contribution < -0.4 is 10.1 Å². The van der Waals surface area contributed by atoms with Gasteiger partial charge in [-0.25, -0.2) is 0 Å². The van der Waals surface area contributed by atoms with Crippen molar-refractivity contribution in [3.8, 4) is 11.8 Å². The first-order chi connectivity index (χ1) is 10.1. The van der Waals surface area contributed by atoms with E-state index in [0.29, 0.717) is 11.3 Å². The molecule has 1 unspecified atom stereocenters. The minimum absolute atomic E-state index is 0.0583. The summed E-state index contributed by atoms with van der Waals surface area (Å²) >= 11 is 0. The number of nitriles is 1. The number of carbonyl (C=O) groups excluding carboxylic acids is 1. The summed E-state index contributed by atoms with van der Waals surface area (Å²) in [4.78, 5) is 11.8. The van der Waals surface area contributed by atoms with E-state index in [9.17, 15) is 9.90 Å². The third-order valence-corrected chi connectivity index (χ3v) is 3.46. The topological polar surface area (TPSA) is 82.3 Å². The molecule has 0 spiro atoms. The van der Waals surface area contributed by atoms with Crippen molar-refractivity contribution in [2.24, 2.45) is 5.92 Å². The molecule has 5 heteroatoms. The summed E-state index contributed by atoms with van der Waals surface area (Å²) in [6.07, 6.45) is 1.13. The van der Waals surface area contributed by atoms with Gasteiger partial charge in [0.2, 0.25) is 5.91 Å². The predicted octanol–water partition coefficient (Wildman–Crippen LogP) is 1.85. The Morgan fingerprint density at radius 2 is 2.10 bits per heavy atom. The fourth-order valence-corrected chi connectivity index (χ4v) is 1.82. The van der Waals surface area contributed by atoms with E-state index in [2.05, 4.69) is 5.32 Å². The molecule has 2 atom stereocenters. The molecule has 1 rings (SSSR count). The Hall–Kier alpha value is -2.06. The fraction of sp³-hybridized carbons (Fsp3) is 0.500. The van der Waals surface area contributed by atoms with E-state index in [-0.39, 0.29) is 37.5 Å². The Kier molecular flexibility index (Phi) is 7.27. The lowest BCUT2D eigenvalue weighted by Crippen LogP contribution is -2.42. The molecule has 114 valence electrons. The van der Waals surface area contributed by atoms with Crippen LogP contribution in [0.4, 0.5) is 0 Å². The molecule has 0 radical (unpaired) electrons. The highest BCUT2D eigenvalue weighted by Gasteiger charge is 2.16. The summed E-state index contributed by atoms with van der Waals surface area (Å²) in [6, 6.07) is 8.55. The number of aliphatic hydroxyl groups is 1. The van der Waals surface area contributed by atoms with Crippen molar-refractivity contribution in [1.82, 2.24) is 5.32 Å². The van der Waals surface area contributed by atoms with Crippen molar-refractivity contribution in [1.29, 1.82) is 5.26 Å². The van der Waals surface area contributed by atoms with E-state index in [1.54, 1.807) is 24.3 Å². The number of ether oxygens (including phenoxy) is 1. The normalized spacial score (nSPS) is 13.0. The lowest BCUT2D eigenvalue weighted by molar-refractivity contribution is -0.123. The van der Waals surface area contributed by atoms with Gasteiger partial charge >= 0.3 is 0 Å². The molecule has 0 bridgehead atoms. The number of hydrogen-bond donors (Lipinski definition) is 2. The second kappa shape index (κ2) is 8.98. The van der Waals surface area contributed by atoms with Gasteiger partial charge in [0.25, 0.3) is 0 Å². The van der Waals surface area contributed by atoms with Crippen LogP contribution in [0.15, 0.2) is 24.3 Å². The molecule has 0 saturated heterocycles. The smallest absolute Gasteiger partial charge is 0.223 e. The largest absolute Gasteiger partial charge is 0.493 e. The molecule has 1 aromatic rings. The van der Waals surface area contributed by atoms with Crippen LogP contribution in [0, 0.1) is 17.2 Å². The van der Waals surface area contributed by atoms with E-state index in [0.717, 1.165) is 6.42 Å². The fourth-order valence-electron chi connectivity index (χ4n) is 1.82. The Bertz CT molecular complexity index is 479. The minimum atomic E-state index is -0.211. The molecular weight excluding hydrogens is 268 g/mol. The van der Waals surface area contributed by atoms with Gasteiger partial charge in [-0.05, 0) is 30.2 Å². The molecule has 1 aromatic carbocycles. The SMILES string of the molecule is CCC(C)[C@@H](CO)NC(=O)CCOc1ccc(C#N)cc1. The number of aliphatic hydroxyl groups excluding tert-OH is 1. The highest BCUT2D eigenvalue weighted by molar-refractivity contribution is 5.76. The standard InChI is InChI=1S/C16H22N2O3/c1-3-12(2)15(11-19)18-16(20)8-9-21-14-6-4-13(10-17)5-7-14/h4-7,12,15,19H,3,8-9,11H2,1-2H3,(H,18,20)/t12?,15-/m1/s1. The summed E-state index contributed by atoms with van der Waals surface area (Å²) in [5.41, 5.74) is 0.569. The molecule has 0 fully saturated rings. The van der Waals surface area contributed by atoms with Crippen LogP contribution in [0.25, 0.3) is 0 Å². The molecule has 0 saturated carbocycles. The summed E-state index contributed by atoms with van der Waals surface area (Å²) in [6.45, 7) is 4.22. The molecule has 0 aromatic heterocycles. The van der Waals surface area contributed by atoms with Crippen molar-refractivity contribution in [2.75, 3.05) is 13.2 Å². The van der Waals surface area contributed by atoms with Crippen molar-refractivity contribution < 1.29 is 14.6 Å². The van der Waals surface area contributed by atoms with E-state index >= 15 is 0 Å². The highest BCUT2D eigenvalue weighted by atomic mass is 16.5. The van der Waals surface area contributed by atoms with Crippen molar-refractivity contribution in [2.45, 2.75) is 32.7 Å². The zero-order valence-electron chi connectivity index (χ0n) is 12.5. The van der Waals surface area contributed by atoms with Crippen LogP contribution in [-0.2, 0) is 4.79 Å². The lowest BCUT2D eigenvalue weighted by atomic mass is 10.00. The molecule has 2 N–H and O–H groups in total. The number of rotatable bonds is 8. The van der Waals surface area contributed by atoms with Crippen LogP contribution in [0.1, 0.15) is 32.3 Å². The van der Waals surface area contributed by atoms with Gasteiger partial charge in [-0.1, -0.05) is 20.3 Å². The first kappa shape index (κ1) is 17.0. The average molecular weight is 290 g/mol. The Morgan fingerprint density at radius 1 is 1.43 bits per heavy atom.